The van der Waals surface area contributed by atoms with E-state index in [-0.39, 0.29) is 0 Å². The first kappa shape index (κ1) is 13.0. The second-order valence-corrected chi connectivity index (χ2v) is 6.92. The average molecular weight is 373 g/mol. The zero-order chi connectivity index (χ0) is 12.5. The predicted octanol–water partition coefficient (Wildman–Crippen LogP) is 5.11. The molecule has 1 heterocycles. The van der Waals surface area contributed by atoms with Crippen LogP contribution >= 0.6 is 31.9 Å². The van der Waals surface area contributed by atoms with Crippen LogP contribution < -0.4 is 4.90 Å². The number of alkyl halides is 1. The van der Waals surface area contributed by atoms with Crippen LogP contribution in [0.1, 0.15) is 37.7 Å². The monoisotopic (exact) mass is 371 g/mol. The molecule has 1 aliphatic heterocycles. The van der Waals surface area contributed by atoms with Gasteiger partial charge in [-0.05, 0) is 42.9 Å². The molecule has 2 aliphatic rings. The average Bonchev–Trinajstić information content (AvgIpc) is 2.82. The van der Waals surface area contributed by atoms with Gasteiger partial charge in [-0.25, -0.2) is 0 Å². The predicted molar refractivity (Wildman–Crippen MR) is 84.5 cm³/mol. The van der Waals surface area contributed by atoms with Crippen molar-refractivity contribution in [1.29, 1.82) is 0 Å². The van der Waals surface area contributed by atoms with Crippen molar-refractivity contribution in [3.8, 4) is 0 Å². The molecule has 0 spiro atoms. The molecule has 3 rings (SSSR count). The molecule has 1 saturated heterocycles. The largest absolute Gasteiger partial charge is 0.368 e. The Kier molecular flexibility index (Phi) is 4.00. The van der Waals surface area contributed by atoms with Crippen LogP contribution in [0.3, 0.4) is 0 Å². The van der Waals surface area contributed by atoms with Crippen LogP contribution in [0.25, 0.3) is 0 Å². The first-order valence-electron chi connectivity index (χ1n) is 6.90. The van der Waals surface area contributed by atoms with Crippen LogP contribution in [0, 0.1) is 5.92 Å². The van der Waals surface area contributed by atoms with Gasteiger partial charge in [0.1, 0.15) is 0 Å². The molecule has 2 fully saturated rings. The topological polar surface area (TPSA) is 3.24 Å². The summed E-state index contributed by atoms with van der Waals surface area (Å²) in [5.74, 6) is 0.952. The van der Waals surface area contributed by atoms with Crippen molar-refractivity contribution < 1.29 is 0 Å². The number of halogens is 2. The molecule has 1 aliphatic carbocycles. The molecule has 0 amide bonds. The lowest BCUT2D eigenvalue weighted by atomic mass is 9.85. The Hall–Kier alpha value is -0.0200. The van der Waals surface area contributed by atoms with Crippen molar-refractivity contribution >= 4 is 37.5 Å². The highest BCUT2D eigenvalue weighted by Crippen LogP contribution is 2.39. The summed E-state index contributed by atoms with van der Waals surface area (Å²) in [4.78, 5) is 2.65. The molecular formula is C15H19Br2N. The third-order valence-electron chi connectivity index (χ3n) is 4.52. The van der Waals surface area contributed by atoms with Gasteiger partial charge in [0.25, 0.3) is 0 Å². The van der Waals surface area contributed by atoms with E-state index in [2.05, 4.69) is 55.0 Å². The second kappa shape index (κ2) is 5.54. The standard InChI is InChI=1S/C15H19Br2N/c16-10-12-5-6-13(9-14(12)17)18-8-7-11-3-1-2-4-15(11)18/h5-6,9,11,15H,1-4,7-8,10H2. The molecule has 2 unspecified atom stereocenters. The van der Waals surface area contributed by atoms with E-state index in [4.69, 9.17) is 0 Å². The Morgan fingerprint density at radius 2 is 2.00 bits per heavy atom. The van der Waals surface area contributed by atoms with Gasteiger partial charge in [-0.2, -0.15) is 0 Å². The van der Waals surface area contributed by atoms with Gasteiger partial charge in [-0.15, -0.1) is 0 Å². The number of anilines is 1. The summed E-state index contributed by atoms with van der Waals surface area (Å²) in [5.41, 5.74) is 2.74. The molecule has 2 atom stereocenters. The van der Waals surface area contributed by atoms with Crippen LogP contribution in [0.15, 0.2) is 22.7 Å². The van der Waals surface area contributed by atoms with Gasteiger partial charge >= 0.3 is 0 Å². The zero-order valence-electron chi connectivity index (χ0n) is 10.5. The lowest BCUT2D eigenvalue weighted by molar-refractivity contribution is 0.342. The molecule has 0 radical (unpaired) electrons. The molecule has 3 heteroatoms. The minimum atomic E-state index is 0.806. The van der Waals surface area contributed by atoms with E-state index in [1.54, 1.807) is 0 Å². The zero-order valence-corrected chi connectivity index (χ0v) is 13.7. The van der Waals surface area contributed by atoms with Crippen LogP contribution in [0.5, 0.6) is 0 Å². The van der Waals surface area contributed by atoms with Gasteiger partial charge < -0.3 is 4.90 Å². The fourth-order valence-corrected chi connectivity index (χ4v) is 4.92. The highest BCUT2D eigenvalue weighted by molar-refractivity contribution is 9.10. The van der Waals surface area contributed by atoms with Gasteiger partial charge in [-0.3, -0.25) is 0 Å². The third-order valence-corrected chi connectivity index (χ3v) is 5.86. The molecule has 18 heavy (non-hydrogen) atoms. The molecule has 0 N–H and O–H groups in total. The maximum Gasteiger partial charge on any atom is 0.0380 e. The summed E-state index contributed by atoms with van der Waals surface area (Å²) in [7, 11) is 0. The van der Waals surface area contributed by atoms with Gasteiger partial charge in [0.05, 0.1) is 0 Å². The van der Waals surface area contributed by atoms with E-state index in [0.717, 1.165) is 17.3 Å². The molecule has 0 bridgehead atoms. The normalized spacial score (nSPS) is 27.3. The summed E-state index contributed by atoms with van der Waals surface area (Å²) in [6.45, 7) is 1.25. The van der Waals surface area contributed by atoms with E-state index >= 15 is 0 Å². The molecular weight excluding hydrogens is 354 g/mol. The van der Waals surface area contributed by atoms with E-state index < -0.39 is 0 Å². The Labute approximate surface area is 126 Å². The Morgan fingerprint density at radius 3 is 2.78 bits per heavy atom. The van der Waals surface area contributed by atoms with Crippen LogP contribution in [-0.2, 0) is 5.33 Å². The summed E-state index contributed by atoms with van der Waals surface area (Å²) in [6.07, 6.45) is 7.09. The second-order valence-electron chi connectivity index (χ2n) is 5.50. The van der Waals surface area contributed by atoms with E-state index in [1.165, 1.54) is 54.4 Å². The highest BCUT2D eigenvalue weighted by Gasteiger charge is 2.35. The van der Waals surface area contributed by atoms with Crippen molar-refractivity contribution in [2.24, 2.45) is 5.92 Å². The van der Waals surface area contributed by atoms with E-state index in [0.29, 0.717) is 0 Å². The Morgan fingerprint density at radius 1 is 1.17 bits per heavy atom. The van der Waals surface area contributed by atoms with Crippen molar-refractivity contribution in [3.63, 3.8) is 0 Å². The molecule has 1 aromatic carbocycles. The maximum atomic E-state index is 3.69. The number of rotatable bonds is 2. The van der Waals surface area contributed by atoms with E-state index in [9.17, 15) is 0 Å². The fourth-order valence-electron chi connectivity index (χ4n) is 3.55. The minimum absolute atomic E-state index is 0.806. The Bertz CT molecular complexity index is 433. The summed E-state index contributed by atoms with van der Waals surface area (Å²) < 4.78 is 1.23. The molecule has 1 nitrogen and oxygen atoms in total. The lowest BCUT2D eigenvalue weighted by Gasteiger charge is -2.33. The third kappa shape index (κ3) is 2.36. The van der Waals surface area contributed by atoms with Crippen LogP contribution in [-0.4, -0.2) is 12.6 Å². The van der Waals surface area contributed by atoms with Crippen LogP contribution in [0.4, 0.5) is 5.69 Å². The van der Waals surface area contributed by atoms with Gasteiger partial charge in [-0.1, -0.05) is 50.8 Å². The quantitative estimate of drug-likeness (QED) is 0.651. The summed E-state index contributed by atoms with van der Waals surface area (Å²) >= 11 is 7.21. The first-order valence-corrected chi connectivity index (χ1v) is 8.82. The van der Waals surface area contributed by atoms with Gasteiger partial charge in [0.2, 0.25) is 0 Å². The number of benzene rings is 1. The van der Waals surface area contributed by atoms with Crippen LogP contribution in [0.2, 0.25) is 0 Å². The number of nitrogens with zero attached hydrogens (tertiary/aromatic N) is 1. The number of hydrogen-bond donors (Lipinski definition) is 0. The molecule has 1 aromatic rings. The first-order chi connectivity index (χ1) is 8.79. The smallest absolute Gasteiger partial charge is 0.0380 e. The fraction of sp³-hybridized carbons (Fsp3) is 0.600. The summed E-state index contributed by atoms with van der Waals surface area (Å²) in [6, 6.07) is 7.64. The maximum absolute atomic E-state index is 3.69. The SMILES string of the molecule is BrCc1ccc(N2CCC3CCCCC32)cc1Br. The van der Waals surface area contributed by atoms with E-state index in [1.807, 2.05) is 0 Å². The molecule has 98 valence electrons. The van der Waals surface area contributed by atoms with Gasteiger partial charge in [0, 0.05) is 28.1 Å². The Balaban J connectivity index is 1.84. The van der Waals surface area contributed by atoms with Crippen molar-refractivity contribution in [2.45, 2.75) is 43.5 Å². The number of fused-ring (bicyclic) bond motifs is 1. The number of hydrogen-bond acceptors (Lipinski definition) is 1. The highest BCUT2D eigenvalue weighted by atomic mass is 79.9. The minimum Gasteiger partial charge on any atom is -0.368 e. The van der Waals surface area contributed by atoms with Gasteiger partial charge in [0.15, 0.2) is 0 Å². The summed E-state index contributed by atoms with van der Waals surface area (Å²) in [5, 5.41) is 0.917. The van der Waals surface area contributed by atoms with Crippen molar-refractivity contribution in [2.75, 3.05) is 11.4 Å². The molecule has 0 aromatic heterocycles. The molecule has 1 saturated carbocycles. The lowest BCUT2D eigenvalue weighted by Crippen LogP contribution is -2.34. The van der Waals surface area contributed by atoms with Crippen molar-refractivity contribution in [3.05, 3.63) is 28.2 Å². The van der Waals surface area contributed by atoms with Crippen molar-refractivity contribution in [1.82, 2.24) is 0 Å².